The zero-order valence-corrected chi connectivity index (χ0v) is 9.63. The van der Waals surface area contributed by atoms with Gasteiger partial charge in [0.25, 0.3) is 0 Å². The molecule has 7 heteroatoms. The largest absolute Gasteiger partial charge is 0.411 e. The number of hydrogen-bond acceptors (Lipinski definition) is 3. The second-order valence-electron chi connectivity index (χ2n) is 3.72. The molecule has 1 rings (SSSR count). The Hall–Kier alpha value is -1.08. The lowest BCUT2D eigenvalue weighted by molar-refractivity contribution is -0.173. The summed E-state index contributed by atoms with van der Waals surface area (Å²) in [6.07, 6.45) is -0.0558. The van der Waals surface area contributed by atoms with Gasteiger partial charge in [-0.1, -0.05) is 0 Å². The van der Waals surface area contributed by atoms with Crippen LogP contribution < -0.4 is 5.32 Å². The SMILES string of the molecule is Cn1cc(CNCCCOCC(F)(F)F)cn1. The van der Waals surface area contributed by atoms with E-state index in [-0.39, 0.29) is 6.61 Å². The molecule has 0 atom stereocenters. The third-order valence-electron chi connectivity index (χ3n) is 2.00. The zero-order valence-electron chi connectivity index (χ0n) is 9.63. The Balaban J connectivity index is 1.95. The van der Waals surface area contributed by atoms with Crippen LogP contribution in [0.25, 0.3) is 0 Å². The monoisotopic (exact) mass is 251 g/mol. The highest BCUT2D eigenvalue weighted by Crippen LogP contribution is 2.14. The average Bonchev–Trinajstić information content (AvgIpc) is 2.61. The van der Waals surface area contributed by atoms with Gasteiger partial charge in [-0.25, -0.2) is 0 Å². The van der Waals surface area contributed by atoms with Crippen LogP contribution in [0.1, 0.15) is 12.0 Å². The summed E-state index contributed by atoms with van der Waals surface area (Å²) in [5.41, 5.74) is 1.05. The number of alkyl halides is 3. The van der Waals surface area contributed by atoms with Crippen molar-refractivity contribution < 1.29 is 17.9 Å². The van der Waals surface area contributed by atoms with Gasteiger partial charge >= 0.3 is 6.18 Å². The Morgan fingerprint density at radius 2 is 2.24 bits per heavy atom. The summed E-state index contributed by atoms with van der Waals surface area (Å²) < 4.78 is 41.3. The highest BCUT2D eigenvalue weighted by Gasteiger charge is 2.27. The molecule has 1 N–H and O–H groups in total. The highest BCUT2D eigenvalue weighted by atomic mass is 19.4. The van der Waals surface area contributed by atoms with Crippen molar-refractivity contribution in [1.29, 1.82) is 0 Å². The fourth-order valence-electron chi connectivity index (χ4n) is 1.28. The minimum atomic E-state index is -4.23. The number of aryl methyl sites for hydroxylation is 1. The van der Waals surface area contributed by atoms with Gasteiger partial charge in [0, 0.05) is 32.0 Å². The molecule has 0 saturated heterocycles. The van der Waals surface area contributed by atoms with Gasteiger partial charge in [-0.15, -0.1) is 0 Å². The molecule has 0 aliphatic carbocycles. The van der Waals surface area contributed by atoms with Crippen molar-refractivity contribution in [3.05, 3.63) is 18.0 Å². The Bertz CT molecular complexity index is 325. The van der Waals surface area contributed by atoms with Crippen LogP contribution in [0, 0.1) is 0 Å². The van der Waals surface area contributed by atoms with E-state index < -0.39 is 12.8 Å². The molecule has 98 valence electrons. The maximum atomic E-state index is 11.7. The van der Waals surface area contributed by atoms with Crippen LogP contribution in [-0.2, 0) is 18.3 Å². The number of halogens is 3. The Morgan fingerprint density at radius 1 is 1.47 bits per heavy atom. The van der Waals surface area contributed by atoms with Gasteiger partial charge < -0.3 is 10.1 Å². The predicted molar refractivity (Wildman–Crippen MR) is 56.4 cm³/mol. The van der Waals surface area contributed by atoms with E-state index in [1.165, 1.54) is 0 Å². The summed E-state index contributed by atoms with van der Waals surface area (Å²) in [6, 6.07) is 0. The van der Waals surface area contributed by atoms with Gasteiger partial charge in [0.05, 0.1) is 6.20 Å². The minimum absolute atomic E-state index is 0.111. The third-order valence-corrected chi connectivity index (χ3v) is 2.00. The molecule has 17 heavy (non-hydrogen) atoms. The maximum Gasteiger partial charge on any atom is 0.411 e. The zero-order chi connectivity index (χ0) is 12.7. The van der Waals surface area contributed by atoms with E-state index in [0.29, 0.717) is 19.5 Å². The summed E-state index contributed by atoms with van der Waals surface area (Å²) in [6.45, 7) is 0.217. The van der Waals surface area contributed by atoms with Gasteiger partial charge in [-0.05, 0) is 13.0 Å². The molecule has 0 radical (unpaired) electrons. The standard InChI is InChI=1S/C10H16F3N3O/c1-16-7-9(6-15-16)5-14-3-2-4-17-8-10(11,12)13/h6-7,14H,2-5,8H2,1H3. The smallest absolute Gasteiger partial charge is 0.372 e. The van der Waals surface area contributed by atoms with Crippen molar-refractivity contribution in [2.24, 2.45) is 7.05 Å². The van der Waals surface area contributed by atoms with E-state index in [9.17, 15) is 13.2 Å². The van der Waals surface area contributed by atoms with E-state index in [2.05, 4.69) is 15.2 Å². The number of aromatic nitrogens is 2. The number of rotatable bonds is 7. The van der Waals surface area contributed by atoms with E-state index in [1.807, 2.05) is 13.2 Å². The molecule has 1 aromatic heterocycles. The van der Waals surface area contributed by atoms with Gasteiger partial charge in [-0.3, -0.25) is 4.68 Å². The molecule has 0 amide bonds. The molecule has 0 spiro atoms. The quantitative estimate of drug-likeness (QED) is 0.746. The van der Waals surface area contributed by atoms with Crippen LogP contribution >= 0.6 is 0 Å². The van der Waals surface area contributed by atoms with Crippen molar-refractivity contribution in [2.45, 2.75) is 19.1 Å². The van der Waals surface area contributed by atoms with Crippen LogP contribution in [0.15, 0.2) is 12.4 Å². The predicted octanol–water partition coefficient (Wildman–Crippen LogP) is 1.48. The normalized spacial score (nSPS) is 12.0. The van der Waals surface area contributed by atoms with Gasteiger partial charge in [-0.2, -0.15) is 18.3 Å². The Labute approximate surface area is 97.8 Å². The van der Waals surface area contributed by atoms with Gasteiger partial charge in [0.15, 0.2) is 0 Å². The number of nitrogens with one attached hydrogen (secondary N) is 1. The maximum absolute atomic E-state index is 11.7. The second kappa shape index (κ2) is 6.61. The lowest BCUT2D eigenvalue weighted by Gasteiger charge is -2.07. The number of hydrogen-bond donors (Lipinski definition) is 1. The topological polar surface area (TPSA) is 39.1 Å². The fourth-order valence-corrected chi connectivity index (χ4v) is 1.28. The first kappa shape index (κ1) is 14.0. The average molecular weight is 251 g/mol. The number of nitrogens with zero attached hydrogens (tertiary/aromatic N) is 2. The van der Waals surface area contributed by atoms with Crippen LogP contribution in [-0.4, -0.2) is 35.7 Å². The number of ether oxygens (including phenoxy) is 1. The van der Waals surface area contributed by atoms with Crippen LogP contribution in [0.5, 0.6) is 0 Å². The molecule has 0 saturated carbocycles. The molecule has 1 aromatic rings. The van der Waals surface area contributed by atoms with Gasteiger partial charge in [0.2, 0.25) is 0 Å². The first-order valence-corrected chi connectivity index (χ1v) is 5.30. The molecule has 0 aromatic carbocycles. The van der Waals surface area contributed by atoms with E-state index in [0.717, 1.165) is 5.56 Å². The molecular formula is C10H16F3N3O. The van der Waals surface area contributed by atoms with Crippen LogP contribution in [0.2, 0.25) is 0 Å². The minimum Gasteiger partial charge on any atom is -0.372 e. The molecule has 4 nitrogen and oxygen atoms in total. The van der Waals surface area contributed by atoms with Crippen molar-refractivity contribution in [1.82, 2.24) is 15.1 Å². The fraction of sp³-hybridized carbons (Fsp3) is 0.700. The highest BCUT2D eigenvalue weighted by molar-refractivity contribution is 5.02. The van der Waals surface area contributed by atoms with E-state index >= 15 is 0 Å². The molecule has 1 heterocycles. The molecule has 0 aliphatic heterocycles. The lowest BCUT2D eigenvalue weighted by atomic mass is 10.3. The van der Waals surface area contributed by atoms with Crippen molar-refractivity contribution >= 4 is 0 Å². The first-order valence-electron chi connectivity index (χ1n) is 5.30. The van der Waals surface area contributed by atoms with Crippen molar-refractivity contribution in [3.8, 4) is 0 Å². The molecular weight excluding hydrogens is 235 g/mol. The summed E-state index contributed by atoms with van der Waals surface area (Å²) >= 11 is 0. The Morgan fingerprint density at radius 3 is 2.82 bits per heavy atom. The molecule has 0 aliphatic rings. The van der Waals surface area contributed by atoms with Crippen LogP contribution in [0.3, 0.4) is 0 Å². The molecule has 0 fully saturated rings. The van der Waals surface area contributed by atoms with E-state index in [1.54, 1.807) is 10.9 Å². The summed E-state index contributed by atoms with van der Waals surface area (Å²) in [5.74, 6) is 0. The summed E-state index contributed by atoms with van der Waals surface area (Å²) in [4.78, 5) is 0. The summed E-state index contributed by atoms with van der Waals surface area (Å²) in [5, 5.41) is 7.10. The Kier molecular flexibility index (Phi) is 5.43. The third kappa shape index (κ3) is 6.96. The van der Waals surface area contributed by atoms with Crippen LogP contribution in [0.4, 0.5) is 13.2 Å². The lowest BCUT2D eigenvalue weighted by Crippen LogP contribution is -2.20. The summed E-state index contributed by atoms with van der Waals surface area (Å²) in [7, 11) is 1.83. The van der Waals surface area contributed by atoms with Gasteiger partial charge in [0.1, 0.15) is 6.61 Å². The second-order valence-corrected chi connectivity index (χ2v) is 3.72. The molecule has 0 unspecified atom stereocenters. The molecule has 0 bridgehead atoms. The van der Waals surface area contributed by atoms with Crippen molar-refractivity contribution in [3.63, 3.8) is 0 Å². The van der Waals surface area contributed by atoms with E-state index in [4.69, 9.17) is 0 Å². The van der Waals surface area contributed by atoms with Crippen molar-refractivity contribution in [2.75, 3.05) is 19.8 Å². The first-order chi connectivity index (χ1) is 7.97.